The molecule has 0 amide bonds. The number of nitrogens with zero attached hydrogens (tertiary/aromatic N) is 2. The number of aromatic nitrogens is 2. The van der Waals surface area contributed by atoms with Crippen molar-refractivity contribution in [3.8, 4) is 11.6 Å². The Morgan fingerprint density at radius 3 is 2.72 bits per heavy atom. The van der Waals surface area contributed by atoms with Gasteiger partial charge in [0.1, 0.15) is 5.82 Å². The quantitative estimate of drug-likeness (QED) is 0.929. The third-order valence-electron chi connectivity index (χ3n) is 2.75. The van der Waals surface area contributed by atoms with Gasteiger partial charge in [0.15, 0.2) is 11.6 Å². The van der Waals surface area contributed by atoms with Gasteiger partial charge < -0.3 is 9.73 Å². The van der Waals surface area contributed by atoms with Gasteiger partial charge in [-0.25, -0.2) is 9.97 Å². The predicted molar refractivity (Wildman–Crippen MR) is 75.7 cm³/mol. The van der Waals surface area contributed by atoms with Crippen molar-refractivity contribution < 1.29 is 4.42 Å². The zero-order valence-electron chi connectivity index (χ0n) is 10.7. The van der Waals surface area contributed by atoms with E-state index >= 15 is 0 Å². The maximum Gasteiger partial charge on any atom is 0.199 e. The largest absolute Gasteiger partial charge is 0.460 e. The summed E-state index contributed by atoms with van der Waals surface area (Å²) in [7, 11) is 0. The van der Waals surface area contributed by atoms with Crippen LogP contribution in [0.5, 0.6) is 0 Å². The molecule has 2 heterocycles. The number of nitrogens with one attached hydrogen (secondary N) is 1. The molecule has 0 spiro atoms. The van der Waals surface area contributed by atoms with E-state index in [-0.39, 0.29) is 0 Å². The SMILES string of the molecule is CCCNc1nc(-c2occc2Br)nc(C)c1C. The smallest absolute Gasteiger partial charge is 0.199 e. The van der Waals surface area contributed by atoms with Crippen LogP contribution in [-0.2, 0) is 0 Å². The molecule has 0 fully saturated rings. The second kappa shape index (κ2) is 5.52. The van der Waals surface area contributed by atoms with E-state index in [1.165, 1.54) is 0 Å². The van der Waals surface area contributed by atoms with Crippen LogP contribution in [-0.4, -0.2) is 16.5 Å². The normalized spacial score (nSPS) is 10.7. The first-order valence-corrected chi connectivity index (χ1v) is 6.75. The van der Waals surface area contributed by atoms with Gasteiger partial charge in [-0.1, -0.05) is 6.92 Å². The molecule has 0 aliphatic rings. The van der Waals surface area contributed by atoms with E-state index in [4.69, 9.17) is 4.42 Å². The van der Waals surface area contributed by atoms with Crippen LogP contribution >= 0.6 is 15.9 Å². The summed E-state index contributed by atoms with van der Waals surface area (Å²) in [6.45, 7) is 7.03. The third kappa shape index (κ3) is 2.56. The molecule has 18 heavy (non-hydrogen) atoms. The van der Waals surface area contributed by atoms with Gasteiger partial charge in [0.2, 0.25) is 0 Å². The summed E-state index contributed by atoms with van der Waals surface area (Å²) >= 11 is 3.43. The first-order chi connectivity index (χ1) is 8.63. The minimum absolute atomic E-state index is 0.605. The number of rotatable bonds is 4. The molecule has 0 bridgehead atoms. The van der Waals surface area contributed by atoms with E-state index in [9.17, 15) is 0 Å². The van der Waals surface area contributed by atoms with Gasteiger partial charge in [0.05, 0.1) is 10.7 Å². The molecule has 2 aromatic heterocycles. The highest BCUT2D eigenvalue weighted by atomic mass is 79.9. The van der Waals surface area contributed by atoms with E-state index in [0.717, 1.165) is 34.5 Å². The van der Waals surface area contributed by atoms with Crippen molar-refractivity contribution in [3.63, 3.8) is 0 Å². The molecule has 0 aliphatic heterocycles. The van der Waals surface area contributed by atoms with Crippen molar-refractivity contribution in [2.75, 3.05) is 11.9 Å². The van der Waals surface area contributed by atoms with Crippen LogP contribution in [0.3, 0.4) is 0 Å². The van der Waals surface area contributed by atoms with E-state index in [1.54, 1.807) is 6.26 Å². The Balaban J connectivity index is 2.44. The summed E-state index contributed by atoms with van der Waals surface area (Å²) in [6.07, 6.45) is 2.68. The summed E-state index contributed by atoms with van der Waals surface area (Å²) in [5, 5.41) is 3.32. The highest BCUT2D eigenvalue weighted by Crippen LogP contribution is 2.28. The number of anilines is 1. The first kappa shape index (κ1) is 13.1. The number of furan rings is 1. The van der Waals surface area contributed by atoms with Gasteiger partial charge in [-0.3, -0.25) is 0 Å². The Morgan fingerprint density at radius 1 is 1.33 bits per heavy atom. The molecular weight excluding hydrogens is 294 g/mol. The Hall–Kier alpha value is -1.36. The van der Waals surface area contributed by atoms with Gasteiger partial charge in [0, 0.05) is 17.8 Å². The maximum absolute atomic E-state index is 5.41. The fourth-order valence-corrected chi connectivity index (χ4v) is 1.98. The Kier molecular flexibility index (Phi) is 4.01. The van der Waals surface area contributed by atoms with E-state index in [1.807, 2.05) is 19.9 Å². The van der Waals surface area contributed by atoms with Crippen LogP contribution in [0.1, 0.15) is 24.6 Å². The lowest BCUT2D eigenvalue weighted by molar-refractivity contribution is 0.575. The molecule has 4 nitrogen and oxygen atoms in total. The van der Waals surface area contributed by atoms with Crippen LogP contribution in [0.4, 0.5) is 5.82 Å². The fourth-order valence-electron chi connectivity index (χ4n) is 1.60. The van der Waals surface area contributed by atoms with Crippen LogP contribution in [0.2, 0.25) is 0 Å². The summed E-state index contributed by atoms with van der Waals surface area (Å²) in [6, 6.07) is 1.84. The third-order valence-corrected chi connectivity index (χ3v) is 3.38. The standard InChI is InChI=1S/C13H16BrN3O/c1-4-6-15-12-8(2)9(3)16-13(17-12)11-10(14)5-7-18-11/h5,7H,4,6H2,1-3H3,(H,15,16,17). The second-order valence-corrected chi connectivity index (χ2v) is 4.99. The zero-order valence-corrected chi connectivity index (χ0v) is 12.3. The van der Waals surface area contributed by atoms with Gasteiger partial charge in [0.25, 0.3) is 0 Å². The first-order valence-electron chi connectivity index (χ1n) is 5.96. The molecule has 0 aromatic carbocycles. The van der Waals surface area contributed by atoms with Gasteiger partial charge in [-0.2, -0.15) is 0 Å². The van der Waals surface area contributed by atoms with Crippen LogP contribution in [0.15, 0.2) is 21.2 Å². The summed E-state index contributed by atoms with van der Waals surface area (Å²) in [5.41, 5.74) is 2.04. The Bertz CT molecular complexity index is 551. The highest BCUT2D eigenvalue weighted by Gasteiger charge is 2.14. The summed E-state index contributed by atoms with van der Waals surface area (Å²) < 4.78 is 6.27. The van der Waals surface area contributed by atoms with Crippen LogP contribution in [0, 0.1) is 13.8 Å². The van der Waals surface area contributed by atoms with Crippen molar-refractivity contribution in [3.05, 3.63) is 28.1 Å². The predicted octanol–water partition coefficient (Wildman–Crippen LogP) is 3.94. The number of hydrogen-bond donors (Lipinski definition) is 1. The molecule has 5 heteroatoms. The molecule has 0 radical (unpaired) electrons. The minimum Gasteiger partial charge on any atom is -0.460 e. The van der Waals surface area contributed by atoms with E-state index in [2.05, 4.69) is 38.1 Å². The molecule has 2 aromatic rings. The van der Waals surface area contributed by atoms with Crippen molar-refractivity contribution in [1.82, 2.24) is 9.97 Å². The Morgan fingerprint density at radius 2 is 2.11 bits per heavy atom. The molecule has 0 unspecified atom stereocenters. The summed E-state index contributed by atoms with van der Waals surface area (Å²) in [4.78, 5) is 9.00. The average molecular weight is 310 g/mol. The van der Waals surface area contributed by atoms with E-state index in [0.29, 0.717) is 11.6 Å². The molecule has 0 atom stereocenters. The molecule has 96 valence electrons. The lowest BCUT2D eigenvalue weighted by Crippen LogP contribution is -2.07. The minimum atomic E-state index is 0.605. The van der Waals surface area contributed by atoms with Gasteiger partial charge in [-0.05, 0) is 42.3 Å². The van der Waals surface area contributed by atoms with E-state index < -0.39 is 0 Å². The van der Waals surface area contributed by atoms with Gasteiger partial charge >= 0.3 is 0 Å². The van der Waals surface area contributed by atoms with Crippen molar-refractivity contribution in [2.45, 2.75) is 27.2 Å². The summed E-state index contributed by atoms with van der Waals surface area (Å²) in [5.74, 6) is 2.15. The topological polar surface area (TPSA) is 51.0 Å². The fraction of sp³-hybridized carbons (Fsp3) is 0.385. The molecule has 0 saturated carbocycles. The number of aryl methyl sites for hydroxylation is 1. The van der Waals surface area contributed by atoms with Crippen molar-refractivity contribution in [1.29, 1.82) is 0 Å². The average Bonchev–Trinajstić information content (AvgIpc) is 2.77. The highest BCUT2D eigenvalue weighted by molar-refractivity contribution is 9.10. The zero-order chi connectivity index (χ0) is 13.1. The maximum atomic E-state index is 5.41. The number of hydrogen-bond acceptors (Lipinski definition) is 4. The lowest BCUT2D eigenvalue weighted by Gasteiger charge is -2.10. The number of halogens is 1. The molecule has 0 aliphatic carbocycles. The molecule has 1 N–H and O–H groups in total. The van der Waals surface area contributed by atoms with Crippen molar-refractivity contribution in [2.24, 2.45) is 0 Å². The molecule has 2 rings (SSSR count). The van der Waals surface area contributed by atoms with Gasteiger partial charge in [-0.15, -0.1) is 0 Å². The van der Waals surface area contributed by atoms with Crippen LogP contribution in [0.25, 0.3) is 11.6 Å². The Labute approximate surface area is 115 Å². The lowest BCUT2D eigenvalue weighted by atomic mass is 10.2. The molecular formula is C13H16BrN3O. The van der Waals surface area contributed by atoms with Crippen LogP contribution < -0.4 is 5.32 Å². The monoisotopic (exact) mass is 309 g/mol. The van der Waals surface area contributed by atoms with Crippen molar-refractivity contribution >= 4 is 21.7 Å². The second-order valence-electron chi connectivity index (χ2n) is 4.13. The molecule has 0 saturated heterocycles.